The molecule has 0 atom stereocenters. The van der Waals surface area contributed by atoms with Crippen LogP contribution in [0.15, 0.2) is 36.9 Å². The lowest BCUT2D eigenvalue weighted by atomic mass is 9.95. The number of carboxylic acid groups (broad SMARTS) is 1. The smallest absolute Gasteiger partial charge is 0.303 e. The van der Waals surface area contributed by atoms with Crippen molar-refractivity contribution >= 4 is 11.9 Å². The van der Waals surface area contributed by atoms with Crippen molar-refractivity contribution in [1.82, 2.24) is 4.90 Å². The molecule has 1 aliphatic rings. The molecule has 1 heterocycles. The van der Waals surface area contributed by atoms with Crippen LogP contribution in [-0.2, 0) is 4.79 Å². The van der Waals surface area contributed by atoms with Crippen LogP contribution in [0.1, 0.15) is 16.8 Å². The summed E-state index contributed by atoms with van der Waals surface area (Å²) in [5, 5.41) is 8.67. The van der Waals surface area contributed by atoms with Gasteiger partial charge in [0.2, 0.25) is 0 Å². The molecule has 2 rings (SSSR count). The number of amides is 1. The van der Waals surface area contributed by atoms with Gasteiger partial charge in [-0.3, -0.25) is 9.59 Å². The predicted octanol–water partition coefficient (Wildman–Crippen LogP) is 1.80. The van der Waals surface area contributed by atoms with Gasteiger partial charge in [-0.1, -0.05) is 12.7 Å². The summed E-state index contributed by atoms with van der Waals surface area (Å²) in [6.45, 7) is 5.02. The summed E-state index contributed by atoms with van der Waals surface area (Å²) in [5.74, 6) is -0.117. The van der Waals surface area contributed by atoms with Crippen molar-refractivity contribution in [2.24, 2.45) is 5.92 Å². The summed E-state index contributed by atoms with van der Waals surface area (Å²) in [5.41, 5.74) is 0.588. The van der Waals surface area contributed by atoms with Crippen molar-refractivity contribution < 1.29 is 19.4 Å². The molecule has 1 fully saturated rings. The minimum atomic E-state index is -0.814. The molecule has 0 aliphatic carbocycles. The Bertz CT molecular complexity index is 503. The number of carbonyl (C=O) groups excluding carboxylic acids is 1. The zero-order valence-electron chi connectivity index (χ0n) is 11.1. The van der Waals surface area contributed by atoms with Crippen molar-refractivity contribution in [3.05, 3.63) is 42.5 Å². The number of hydrogen-bond donors (Lipinski definition) is 1. The van der Waals surface area contributed by atoms with Crippen LogP contribution in [0.5, 0.6) is 5.75 Å². The van der Waals surface area contributed by atoms with E-state index in [9.17, 15) is 9.59 Å². The highest BCUT2D eigenvalue weighted by Crippen LogP contribution is 2.22. The summed E-state index contributed by atoms with van der Waals surface area (Å²) < 4.78 is 5.34. The number of nitrogens with zero attached hydrogens (tertiary/aromatic N) is 1. The van der Waals surface area contributed by atoms with Crippen LogP contribution >= 0.6 is 0 Å². The van der Waals surface area contributed by atoms with Gasteiger partial charge in [-0.15, -0.1) is 0 Å². The molecule has 0 unspecified atom stereocenters. The highest BCUT2D eigenvalue weighted by atomic mass is 16.5. The van der Waals surface area contributed by atoms with Gasteiger partial charge in [0, 0.05) is 24.6 Å². The third-order valence-corrected chi connectivity index (χ3v) is 3.18. The van der Waals surface area contributed by atoms with E-state index < -0.39 is 5.97 Å². The zero-order valence-corrected chi connectivity index (χ0v) is 11.1. The average molecular weight is 275 g/mol. The number of carbonyl (C=O) groups is 2. The average Bonchev–Trinajstić information content (AvgIpc) is 2.39. The fourth-order valence-electron chi connectivity index (χ4n) is 2.14. The Kier molecular flexibility index (Phi) is 4.40. The largest absolute Gasteiger partial charge is 0.490 e. The molecule has 1 aromatic rings. The topological polar surface area (TPSA) is 66.8 Å². The third-order valence-electron chi connectivity index (χ3n) is 3.18. The maximum absolute atomic E-state index is 12.1. The highest BCUT2D eigenvalue weighted by Gasteiger charge is 2.32. The normalized spacial score (nSPS) is 14.5. The molecule has 20 heavy (non-hydrogen) atoms. The first-order chi connectivity index (χ1) is 9.60. The van der Waals surface area contributed by atoms with Crippen LogP contribution < -0.4 is 4.74 Å². The van der Waals surface area contributed by atoms with Gasteiger partial charge in [-0.2, -0.15) is 0 Å². The number of ether oxygens (including phenoxy) is 1. The van der Waals surface area contributed by atoms with E-state index in [1.54, 1.807) is 35.2 Å². The van der Waals surface area contributed by atoms with Crippen molar-refractivity contribution in [3.8, 4) is 5.75 Å². The zero-order chi connectivity index (χ0) is 14.5. The van der Waals surface area contributed by atoms with E-state index in [1.807, 2.05) is 0 Å². The summed E-state index contributed by atoms with van der Waals surface area (Å²) >= 11 is 0. The molecule has 0 spiro atoms. The second-order valence-corrected chi connectivity index (χ2v) is 4.80. The number of likely N-dealkylation sites (tertiary alicyclic amines) is 1. The summed E-state index contributed by atoms with van der Waals surface area (Å²) in [6, 6.07) is 6.91. The molecule has 106 valence electrons. The molecule has 1 aromatic carbocycles. The lowest BCUT2D eigenvalue weighted by molar-refractivity contribution is -0.139. The van der Waals surface area contributed by atoms with E-state index in [4.69, 9.17) is 9.84 Å². The Morgan fingerprint density at radius 1 is 1.35 bits per heavy atom. The molecule has 0 bridgehead atoms. The summed E-state index contributed by atoms with van der Waals surface area (Å²) in [7, 11) is 0. The minimum Gasteiger partial charge on any atom is -0.490 e. The number of aliphatic carboxylic acids is 1. The van der Waals surface area contributed by atoms with Crippen molar-refractivity contribution in [3.63, 3.8) is 0 Å². The third kappa shape index (κ3) is 3.38. The molecule has 5 heteroatoms. The number of benzene rings is 1. The Labute approximate surface area is 117 Å². The van der Waals surface area contributed by atoms with Crippen LogP contribution in [-0.4, -0.2) is 41.6 Å². The molecule has 0 aromatic heterocycles. The van der Waals surface area contributed by atoms with E-state index in [1.165, 1.54) is 0 Å². The van der Waals surface area contributed by atoms with Gasteiger partial charge >= 0.3 is 5.97 Å². The van der Waals surface area contributed by atoms with Gasteiger partial charge in [-0.05, 0) is 24.3 Å². The van der Waals surface area contributed by atoms with E-state index in [2.05, 4.69) is 6.58 Å². The van der Waals surface area contributed by atoms with Gasteiger partial charge in [0.1, 0.15) is 12.4 Å². The monoisotopic (exact) mass is 275 g/mol. The van der Waals surface area contributed by atoms with Crippen LogP contribution in [0.3, 0.4) is 0 Å². The molecule has 5 nitrogen and oxygen atoms in total. The van der Waals surface area contributed by atoms with Gasteiger partial charge in [0.15, 0.2) is 0 Å². The molecule has 0 radical (unpaired) electrons. The van der Waals surface area contributed by atoms with E-state index >= 15 is 0 Å². The minimum absolute atomic E-state index is 0.0677. The maximum Gasteiger partial charge on any atom is 0.303 e. The Morgan fingerprint density at radius 2 is 2.00 bits per heavy atom. The molecule has 1 aliphatic heterocycles. The standard InChI is InChI=1S/C15H17NO4/c1-2-7-20-13-5-3-12(4-6-13)15(19)16-9-11(10-16)8-14(17)18/h2-6,11H,1,7-10H2,(H,17,18). The lowest BCUT2D eigenvalue weighted by Crippen LogP contribution is -2.50. The van der Waals surface area contributed by atoms with E-state index in [0.717, 1.165) is 0 Å². The SMILES string of the molecule is C=CCOc1ccc(C(=O)N2CC(CC(=O)O)C2)cc1. The van der Waals surface area contributed by atoms with Crippen LogP contribution in [0, 0.1) is 5.92 Å². The van der Waals surface area contributed by atoms with Crippen LogP contribution in [0.4, 0.5) is 0 Å². The maximum atomic E-state index is 12.1. The highest BCUT2D eigenvalue weighted by molar-refractivity contribution is 5.94. The quantitative estimate of drug-likeness (QED) is 0.804. The Morgan fingerprint density at radius 3 is 2.55 bits per heavy atom. The second-order valence-electron chi connectivity index (χ2n) is 4.80. The fourth-order valence-corrected chi connectivity index (χ4v) is 2.14. The van der Waals surface area contributed by atoms with Crippen molar-refractivity contribution in [1.29, 1.82) is 0 Å². The lowest BCUT2D eigenvalue weighted by Gasteiger charge is -2.38. The Balaban J connectivity index is 1.87. The first-order valence-electron chi connectivity index (χ1n) is 6.45. The number of carboxylic acids is 1. The van der Waals surface area contributed by atoms with Crippen molar-refractivity contribution in [2.45, 2.75) is 6.42 Å². The molecule has 1 amide bonds. The molecule has 1 N–H and O–H groups in total. The van der Waals surface area contributed by atoms with Gasteiger partial charge in [0.25, 0.3) is 5.91 Å². The summed E-state index contributed by atoms with van der Waals surface area (Å²) in [4.78, 5) is 24.3. The Hall–Kier alpha value is -2.30. The molecular formula is C15H17NO4. The molecule has 1 saturated heterocycles. The summed E-state index contributed by atoms with van der Waals surface area (Å²) in [6.07, 6.45) is 1.78. The van der Waals surface area contributed by atoms with Gasteiger partial charge < -0.3 is 14.7 Å². The first kappa shape index (κ1) is 14.1. The van der Waals surface area contributed by atoms with Gasteiger partial charge in [0.05, 0.1) is 6.42 Å². The van der Waals surface area contributed by atoms with Crippen LogP contribution in [0.2, 0.25) is 0 Å². The van der Waals surface area contributed by atoms with Crippen LogP contribution in [0.25, 0.3) is 0 Å². The fraction of sp³-hybridized carbons (Fsp3) is 0.333. The first-order valence-corrected chi connectivity index (χ1v) is 6.45. The predicted molar refractivity (Wildman–Crippen MR) is 73.8 cm³/mol. The van der Waals surface area contributed by atoms with Crippen molar-refractivity contribution in [2.75, 3.05) is 19.7 Å². The van der Waals surface area contributed by atoms with E-state index in [-0.39, 0.29) is 18.2 Å². The number of rotatable bonds is 6. The molecular weight excluding hydrogens is 258 g/mol. The number of hydrogen-bond acceptors (Lipinski definition) is 3. The van der Waals surface area contributed by atoms with E-state index in [0.29, 0.717) is 31.0 Å². The second kappa shape index (κ2) is 6.23. The van der Waals surface area contributed by atoms with Gasteiger partial charge in [-0.25, -0.2) is 0 Å². The molecule has 0 saturated carbocycles.